The highest BCUT2D eigenvalue weighted by Gasteiger charge is 2.05. The number of pyridine rings is 1. The van der Waals surface area contributed by atoms with Crippen LogP contribution in [0.1, 0.15) is 17.4 Å². The van der Waals surface area contributed by atoms with Crippen LogP contribution in [0.3, 0.4) is 0 Å². The average molecular weight is 285 g/mol. The molecule has 0 unspecified atom stereocenters. The van der Waals surface area contributed by atoms with Crippen molar-refractivity contribution in [2.24, 2.45) is 0 Å². The highest BCUT2D eigenvalue weighted by molar-refractivity contribution is 5.93. The number of carbonyl (C=O) groups is 1. The number of hydrogen-bond acceptors (Lipinski definition) is 4. The van der Waals surface area contributed by atoms with Gasteiger partial charge >= 0.3 is 0 Å². The van der Waals surface area contributed by atoms with Crippen molar-refractivity contribution in [3.63, 3.8) is 0 Å². The van der Waals surface area contributed by atoms with Crippen LogP contribution >= 0.6 is 0 Å². The quantitative estimate of drug-likeness (QED) is 0.766. The lowest BCUT2D eigenvalue weighted by molar-refractivity contribution is 0.0951. The van der Waals surface area contributed by atoms with Crippen molar-refractivity contribution in [3.8, 4) is 5.75 Å². The standard InChI is InChI=1S/C16H19N3O2/c1-2-17-16(20)15-12-13(8-9-19-15)18-10-11-21-14-6-4-3-5-7-14/h3-9,12H,2,10-11H2,1H3,(H,17,20)(H,18,19). The minimum Gasteiger partial charge on any atom is -0.492 e. The van der Waals surface area contributed by atoms with E-state index < -0.39 is 0 Å². The van der Waals surface area contributed by atoms with Gasteiger partial charge in [-0.25, -0.2) is 0 Å². The molecule has 0 aliphatic carbocycles. The maximum Gasteiger partial charge on any atom is 0.269 e. The number of carbonyl (C=O) groups excluding carboxylic acids is 1. The van der Waals surface area contributed by atoms with Crippen LogP contribution in [0.25, 0.3) is 0 Å². The third-order valence-corrected chi connectivity index (χ3v) is 2.77. The van der Waals surface area contributed by atoms with Crippen LogP contribution in [0.2, 0.25) is 0 Å². The van der Waals surface area contributed by atoms with Crippen LogP contribution in [0.4, 0.5) is 5.69 Å². The zero-order chi connectivity index (χ0) is 14.9. The van der Waals surface area contributed by atoms with Crippen molar-refractivity contribution < 1.29 is 9.53 Å². The summed E-state index contributed by atoms with van der Waals surface area (Å²) in [5.74, 6) is 0.679. The van der Waals surface area contributed by atoms with Crippen molar-refractivity contribution in [1.82, 2.24) is 10.3 Å². The molecule has 1 heterocycles. The van der Waals surface area contributed by atoms with Gasteiger partial charge in [0, 0.05) is 25.0 Å². The van der Waals surface area contributed by atoms with E-state index in [0.717, 1.165) is 11.4 Å². The Balaban J connectivity index is 1.80. The van der Waals surface area contributed by atoms with Gasteiger partial charge in [0.15, 0.2) is 0 Å². The molecule has 0 radical (unpaired) electrons. The maximum absolute atomic E-state index is 11.7. The van der Waals surface area contributed by atoms with Crippen LogP contribution in [0.5, 0.6) is 5.75 Å². The van der Waals surface area contributed by atoms with Crippen LogP contribution in [-0.4, -0.2) is 30.6 Å². The zero-order valence-electron chi connectivity index (χ0n) is 12.0. The van der Waals surface area contributed by atoms with Gasteiger partial charge in [-0.1, -0.05) is 18.2 Å². The molecule has 5 heteroatoms. The fraction of sp³-hybridized carbons (Fsp3) is 0.250. The summed E-state index contributed by atoms with van der Waals surface area (Å²) >= 11 is 0. The molecule has 1 aromatic heterocycles. The number of para-hydroxylation sites is 1. The van der Waals surface area contributed by atoms with Crippen molar-refractivity contribution in [3.05, 3.63) is 54.4 Å². The number of benzene rings is 1. The minimum atomic E-state index is -0.165. The topological polar surface area (TPSA) is 63.2 Å². The van der Waals surface area contributed by atoms with E-state index >= 15 is 0 Å². The molecule has 5 nitrogen and oxygen atoms in total. The maximum atomic E-state index is 11.7. The monoisotopic (exact) mass is 285 g/mol. The molecule has 0 spiro atoms. The molecule has 0 saturated heterocycles. The molecule has 0 saturated carbocycles. The van der Waals surface area contributed by atoms with E-state index in [-0.39, 0.29) is 5.91 Å². The first-order valence-electron chi connectivity index (χ1n) is 6.95. The molecule has 2 N–H and O–H groups in total. The van der Waals surface area contributed by atoms with Crippen LogP contribution in [-0.2, 0) is 0 Å². The van der Waals surface area contributed by atoms with Gasteiger partial charge in [-0.05, 0) is 31.2 Å². The Bertz CT molecular complexity index is 573. The number of hydrogen-bond donors (Lipinski definition) is 2. The molecule has 2 rings (SSSR count). The Hall–Kier alpha value is -2.56. The van der Waals surface area contributed by atoms with Gasteiger partial charge in [-0.3, -0.25) is 9.78 Å². The van der Waals surface area contributed by atoms with Crippen molar-refractivity contribution in [2.75, 3.05) is 25.0 Å². The summed E-state index contributed by atoms with van der Waals surface area (Å²) in [4.78, 5) is 15.7. The number of amides is 1. The molecule has 0 aliphatic rings. The average Bonchev–Trinajstić information content (AvgIpc) is 2.53. The summed E-state index contributed by atoms with van der Waals surface area (Å²) in [7, 11) is 0. The van der Waals surface area contributed by atoms with Crippen molar-refractivity contribution >= 4 is 11.6 Å². The summed E-state index contributed by atoms with van der Waals surface area (Å²) in [5.41, 5.74) is 1.26. The Morgan fingerprint density at radius 2 is 2.05 bits per heavy atom. The van der Waals surface area contributed by atoms with Gasteiger partial charge in [-0.15, -0.1) is 0 Å². The Kier molecular flexibility index (Phi) is 5.58. The summed E-state index contributed by atoms with van der Waals surface area (Å²) in [6.07, 6.45) is 1.62. The van der Waals surface area contributed by atoms with Crippen molar-refractivity contribution in [1.29, 1.82) is 0 Å². The summed E-state index contributed by atoms with van der Waals surface area (Å²) in [6, 6.07) is 13.2. The van der Waals surface area contributed by atoms with Crippen molar-refractivity contribution in [2.45, 2.75) is 6.92 Å². The van der Waals surface area contributed by atoms with Gasteiger partial charge in [-0.2, -0.15) is 0 Å². The number of aromatic nitrogens is 1. The van der Waals surface area contributed by atoms with E-state index in [1.807, 2.05) is 43.3 Å². The van der Waals surface area contributed by atoms with Gasteiger partial charge in [0.1, 0.15) is 18.1 Å². The Morgan fingerprint density at radius 1 is 1.24 bits per heavy atom. The number of anilines is 1. The van der Waals surface area contributed by atoms with E-state index in [2.05, 4.69) is 15.6 Å². The summed E-state index contributed by atoms with van der Waals surface area (Å²) in [5, 5.41) is 5.93. The zero-order valence-corrected chi connectivity index (χ0v) is 12.0. The molecule has 0 bridgehead atoms. The molecule has 21 heavy (non-hydrogen) atoms. The lowest BCUT2D eigenvalue weighted by Crippen LogP contribution is -2.23. The molecule has 2 aromatic rings. The first-order chi connectivity index (χ1) is 10.3. The van der Waals surface area contributed by atoms with Crippen LogP contribution < -0.4 is 15.4 Å². The number of nitrogens with one attached hydrogen (secondary N) is 2. The SMILES string of the molecule is CCNC(=O)c1cc(NCCOc2ccccc2)ccn1. The van der Waals surface area contributed by atoms with Gasteiger partial charge in [0.2, 0.25) is 0 Å². The second-order valence-electron chi connectivity index (χ2n) is 4.38. The largest absolute Gasteiger partial charge is 0.492 e. The first kappa shape index (κ1) is 14.8. The van der Waals surface area contributed by atoms with E-state index in [9.17, 15) is 4.79 Å². The highest BCUT2D eigenvalue weighted by Crippen LogP contribution is 2.09. The van der Waals surface area contributed by atoms with Gasteiger partial charge < -0.3 is 15.4 Å². The number of ether oxygens (including phenoxy) is 1. The normalized spacial score (nSPS) is 9.95. The summed E-state index contributed by atoms with van der Waals surface area (Å²) < 4.78 is 5.59. The molecular formula is C16H19N3O2. The molecule has 110 valence electrons. The van der Waals surface area contributed by atoms with E-state index in [0.29, 0.717) is 25.4 Å². The predicted molar refractivity (Wildman–Crippen MR) is 82.7 cm³/mol. The smallest absolute Gasteiger partial charge is 0.269 e. The third-order valence-electron chi connectivity index (χ3n) is 2.77. The second-order valence-corrected chi connectivity index (χ2v) is 4.38. The molecular weight excluding hydrogens is 266 g/mol. The summed E-state index contributed by atoms with van der Waals surface area (Å²) in [6.45, 7) is 3.65. The lowest BCUT2D eigenvalue weighted by Gasteiger charge is -2.09. The second kappa shape index (κ2) is 7.89. The van der Waals surface area contributed by atoms with E-state index in [1.165, 1.54) is 0 Å². The molecule has 0 aliphatic heterocycles. The van der Waals surface area contributed by atoms with Crippen LogP contribution in [0.15, 0.2) is 48.7 Å². The third kappa shape index (κ3) is 4.80. The molecule has 1 amide bonds. The fourth-order valence-corrected chi connectivity index (χ4v) is 1.80. The predicted octanol–water partition coefficient (Wildman–Crippen LogP) is 2.32. The van der Waals surface area contributed by atoms with E-state index in [1.54, 1.807) is 12.3 Å². The van der Waals surface area contributed by atoms with Gasteiger partial charge in [0.25, 0.3) is 5.91 Å². The lowest BCUT2D eigenvalue weighted by atomic mass is 10.3. The first-order valence-corrected chi connectivity index (χ1v) is 6.95. The fourth-order valence-electron chi connectivity index (χ4n) is 1.80. The Morgan fingerprint density at radius 3 is 2.81 bits per heavy atom. The number of rotatable bonds is 7. The minimum absolute atomic E-state index is 0.165. The van der Waals surface area contributed by atoms with Gasteiger partial charge in [0.05, 0.1) is 0 Å². The molecule has 0 fully saturated rings. The molecule has 0 atom stereocenters. The van der Waals surface area contributed by atoms with E-state index in [4.69, 9.17) is 4.74 Å². The Labute approximate surface area is 124 Å². The number of nitrogens with zero attached hydrogens (tertiary/aromatic N) is 1. The highest BCUT2D eigenvalue weighted by atomic mass is 16.5. The molecule has 1 aromatic carbocycles. The van der Waals surface area contributed by atoms with Crippen LogP contribution in [0, 0.1) is 0 Å².